The summed E-state index contributed by atoms with van der Waals surface area (Å²) in [6.45, 7) is 2.76. The highest BCUT2D eigenvalue weighted by Gasteiger charge is 2.22. The van der Waals surface area contributed by atoms with Crippen molar-refractivity contribution in [3.05, 3.63) is 113 Å². The largest absolute Gasteiger partial charge is 0.504 e. The number of allylic oxidation sites excluding steroid dienone is 6. The van der Waals surface area contributed by atoms with Gasteiger partial charge in [0.05, 0.1) is 0 Å². The van der Waals surface area contributed by atoms with Gasteiger partial charge in [0.15, 0.2) is 34.5 Å². The standard InChI is InChI=1S/C8H9NO2.2C8H7NO2.C8H11NO2.C8H9NO2/c3*10-7-3-5-1-2-9-6(5)4-8(7)11;2*9-4-3-6-1-2-7(10)8(11)5-6/h3-4,9-11H,1-2H2;3-4,9H,1-2H2;1-4,9-11H;1-2,5,10-11H,3-4,9H2;1-2,5H,3-4,9H2. The van der Waals surface area contributed by atoms with Crippen molar-refractivity contribution in [2.75, 3.05) is 31.5 Å². The minimum atomic E-state index is -0.453. The van der Waals surface area contributed by atoms with Crippen LogP contribution >= 0.6 is 0 Å². The van der Waals surface area contributed by atoms with E-state index in [0.29, 0.717) is 25.9 Å². The van der Waals surface area contributed by atoms with E-state index in [1.165, 1.54) is 48.6 Å². The second-order valence-electron chi connectivity index (χ2n) is 12.4. The fourth-order valence-corrected chi connectivity index (χ4v) is 5.47. The Hall–Kier alpha value is -6.84. The van der Waals surface area contributed by atoms with Gasteiger partial charge in [0.2, 0.25) is 23.1 Å². The quantitative estimate of drug-likeness (QED) is 0.0618. The molecule has 0 atom stereocenters. The van der Waals surface area contributed by atoms with E-state index in [9.17, 15) is 19.2 Å². The number of carbonyl (C=O) groups excluding carboxylic acids is 4. The number of carbonyl (C=O) groups is 4. The van der Waals surface area contributed by atoms with Crippen molar-refractivity contribution >= 4 is 39.7 Å². The van der Waals surface area contributed by atoms with Crippen LogP contribution in [-0.4, -0.2) is 84.9 Å². The number of benzene rings is 3. The van der Waals surface area contributed by atoms with Gasteiger partial charge in [-0.15, -0.1) is 0 Å². The SMILES string of the molecule is NCCC1=CC(=O)C(=O)C=C1.NCCc1ccc(O)c(O)c1.O=C1C=C2CCNC2=CC1=O.Oc1cc2c(cc1O)NCC2.Oc1cc2cc[nH]c2cc1O. The number of aromatic nitrogens is 1. The van der Waals surface area contributed by atoms with Gasteiger partial charge >= 0.3 is 0 Å². The highest BCUT2D eigenvalue weighted by Crippen LogP contribution is 2.34. The third-order valence-electron chi connectivity index (χ3n) is 8.35. The highest BCUT2D eigenvalue weighted by molar-refractivity contribution is 6.47. The number of hydrogen-bond acceptors (Lipinski definition) is 14. The van der Waals surface area contributed by atoms with Gasteiger partial charge in [-0.25, -0.2) is 0 Å². The van der Waals surface area contributed by atoms with Crippen molar-refractivity contribution < 1.29 is 49.8 Å². The van der Waals surface area contributed by atoms with E-state index in [1.807, 2.05) is 6.07 Å². The summed E-state index contributed by atoms with van der Waals surface area (Å²) in [5.41, 5.74) is 17.0. The van der Waals surface area contributed by atoms with Crippen molar-refractivity contribution in [3.8, 4) is 34.5 Å². The molecule has 8 rings (SSSR count). The van der Waals surface area contributed by atoms with Crippen LogP contribution in [0.1, 0.15) is 24.0 Å². The molecular weight excluding hydrogens is 710 g/mol. The van der Waals surface area contributed by atoms with Crippen molar-refractivity contribution in [3.63, 3.8) is 0 Å². The van der Waals surface area contributed by atoms with Gasteiger partial charge in [0.1, 0.15) is 0 Å². The Kier molecular flexibility index (Phi) is 14.4. The second-order valence-corrected chi connectivity index (χ2v) is 12.4. The molecule has 2 aliphatic heterocycles. The summed E-state index contributed by atoms with van der Waals surface area (Å²) in [4.78, 5) is 46.0. The number of anilines is 1. The molecule has 1 aromatic heterocycles. The number of rotatable bonds is 4. The third-order valence-corrected chi connectivity index (χ3v) is 8.35. The lowest BCUT2D eigenvalue weighted by molar-refractivity contribution is -0.131. The molecule has 0 amide bonds. The van der Waals surface area contributed by atoms with Crippen LogP contribution in [0.4, 0.5) is 5.69 Å². The van der Waals surface area contributed by atoms with Gasteiger partial charge < -0.3 is 57.7 Å². The second kappa shape index (κ2) is 19.3. The average Bonchev–Trinajstić information content (AvgIpc) is 3.92. The topological polar surface area (TPSA) is 282 Å². The molecule has 288 valence electrons. The van der Waals surface area contributed by atoms with Crippen molar-refractivity contribution in [1.82, 2.24) is 10.3 Å². The van der Waals surface area contributed by atoms with Crippen molar-refractivity contribution in [2.24, 2.45) is 11.5 Å². The van der Waals surface area contributed by atoms with E-state index < -0.39 is 23.1 Å². The first-order valence-electron chi connectivity index (χ1n) is 17.2. The van der Waals surface area contributed by atoms with Crippen LogP contribution in [0, 0.1) is 0 Å². The monoisotopic (exact) mass is 753 g/mol. The van der Waals surface area contributed by atoms with Gasteiger partial charge in [-0.2, -0.15) is 0 Å². The minimum absolute atomic E-state index is 0.0348. The van der Waals surface area contributed by atoms with Crippen LogP contribution in [0.2, 0.25) is 0 Å². The zero-order chi connectivity index (χ0) is 40.1. The van der Waals surface area contributed by atoms with Gasteiger partial charge in [-0.05, 0) is 110 Å². The molecule has 15 heteroatoms. The Morgan fingerprint density at radius 2 is 1.22 bits per heavy atom. The summed E-state index contributed by atoms with van der Waals surface area (Å²) in [6.07, 6.45) is 12.0. The maximum atomic E-state index is 10.8. The predicted octanol–water partition coefficient (Wildman–Crippen LogP) is 3.16. The molecule has 3 aromatic carbocycles. The van der Waals surface area contributed by atoms with E-state index >= 15 is 0 Å². The summed E-state index contributed by atoms with van der Waals surface area (Å²) >= 11 is 0. The Morgan fingerprint density at radius 3 is 1.93 bits per heavy atom. The predicted molar refractivity (Wildman–Crippen MR) is 206 cm³/mol. The maximum Gasteiger partial charge on any atom is 0.227 e. The van der Waals surface area contributed by atoms with E-state index in [1.54, 1.807) is 30.5 Å². The highest BCUT2D eigenvalue weighted by atomic mass is 16.3. The summed E-state index contributed by atoms with van der Waals surface area (Å²) in [5.74, 6) is -2.17. The van der Waals surface area contributed by atoms with Crippen molar-refractivity contribution in [1.29, 1.82) is 0 Å². The van der Waals surface area contributed by atoms with E-state index in [-0.39, 0.29) is 34.5 Å². The maximum absolute atomic E-state index is 10.8. The number of nitrogens with two attached hydrogens (primary N) is 2. The number of aromatic hydroxyl groups is 6. The van der Waals surface area contributed by atoms with Crippen LogP contribution in [-0.2, 0) is 32.0 Å². The fourth-order valence-electron chi connectivity index (χ4n) is 5.47. The zero-order valence-electron chi connectivity index (χ0n) is 29.7. The van der Waals surface area contributed by atoms with Crippen LogP contribution in [0.25, 0.3) is 10.9 Å². The van der Waals surface area contributed by atoms with Crippen LogP contribution in [0.3, 0.4) is 0 Å². The summed E-state index contributed by atoms with van der Waals surface area (Å²) in [7, 11) is 0. The number of aromatic amines is 1. The van der Waals surface area contributed by atoms with E-state index in [4.69, 9.17) is 42.1 Å². The lowest BCUT2D eigenvalue weighted by Gasteiger charge is -2.04. The molecule has 3 heterocycles. The molecule has 0 spiro atoms. The van der Waals surface area contributed by atoms with E-state index in [0.717, 1.165) is 70.5 Å². The average molecular weight is 754 g/mol. The number of nitrogens with one attached hydrogen (secondary N) is 3. The molecule has 55 heavy (non-hydrogen) atoms. The number of hydrogen-bond donors (Lipinski definition) is 11. The number of H-pyrrole nitrogens is 1. The van der Waals surface area contributed by atoms with Crippen LogP contribution in [0.5, 0.6) is 34.5 Å². The normalized spacial score (nSPS) is 14.8. The zero-order valence-corrected chi connectivity index (χ0v) is 29.7. The van der Waals surface area contributed by atoms with Gasteiger partial charge in [-0.3, -0.25) is 19.2 Å². The molecule has 2 aliphatic carbocycles. The summed E-state index contributed by atoms with van der Waals surface area (Å²) < 4.78 is 0. The van der Waals surface area contributed by atoms with Crippen LogP contribution in [0.15, 0.2) is 102 Å². The Bertz CT molecular complexity index is 2100. The summed E-state index contributed by atoms with van der Waals surface area (Å²) in [6, 6.07) is 12.7. The molecule has 15 nitrogen and oxygen atoms in total. The molecule has 4 aliphatic rings. The Morgan fingerprint density at radius 1 is 0.582 bits per heavy atom. The molecule has 0 bridgehead atoms. The van der Waals surface area contributed by atoms with Gasteiger partial charge in [0, 0.05) is 59.8 Å². The van der Waals surface area contributed by atoms with Gasteiger partial charge in [0.25, 0.3) is 0 Å². The number of phenols is 6. The number of ketones is 4. The molecule has 13 N–H and O–H groups in total. The number of phenolic OH excluding ortho intramolecular Hbond substituents is 6. The third kappa shape index (κ3) is 11.6. The number of fused-ring (bicyclic) bond motifs is 3. The molecule has 1 fully saturated rings. The lowest BCUT2D eigenvalue weighted by atomic mass is 10.0. The first-order chi connectivity index (χ1) is 26.3. The van der Waals surface area contributed by atoms with Gasteiger partial charge in [-0.1, -0.05) is 12.1 Å². The molecule has 1 saturated heterocycles. The fraction of sp³-hybridized carbons (Fsp3) is 0.200. The first-order valence-corrected chi connectivity index (χ1v) is 17.2. The molecule has 0 radical (unpaired) electrons. The molecule has 0 saturated carbocycles. The first kappa shape index (κ1) is 40.9. The minimum Gasteiger partial charge on any atom is -0.504 e. The van der Waals surface area contributed by atoms with Crippen molar-refractivity contribution in [2.45, 2.75) is 25.7 Å². The summed E-state index contributed by atoms with van der Waals surface area (Å²) in [5, 5.41) is 61.3. The Balaban J connectivity index is 0.000000153. The molecule has 0 unspecified atom stereocenters. The van der Waals surface area contributed by atoms with E-state index in [2.05, 4.69) is 15.6 Å². The molecule has 4 aromatic rings. The molecular formula is C40H43N5O10. The lowest BCUT2D eigenvalue weighted by Crippen LogP contribution is -2.16. The van der Waals surface area contributed by atoms with Crippen LogP contribution < -0.4 is 22.1 Å². The smallest absolute Gasteiger partial charge is 0.227 e. The Labute approximate surface area is 315 Å².